The summed E-state index contributed by atoms with van der Waals surface area (Å²) in [4.78, 5) is 11.8. The Morgan fingerprint density at radius 1 is 1.65 bits per heavy atom. The van der Waals surface area contributed by atoms with Crippen molar-refractivity contribution in [1.29, 1.82) is 0 Å². The highest BCUT2D eigenvalue weighted by Crippen LogP contribution is 2.41. The minimum absolute atomic E-state index is 0.280. The molecule has 2 atom stereocenters. The fourth-order valence-corrected chi connectivity index (χ4v) is 2.95. The fourth-order valence-electron chi connectivity index (χ4n) is 2.95. The Labute approximate surface area is 100 Å². The number of ether oxygens (including phenoxy) is 1. The van der Waals surface area contributed by atoms with E-state index in [4.69, 9.17) is 4.74 Å². The molecule has 1 N–H and O–H groups in total. The zero-order valence-corrected chi connectivity index (χ0v) is 9.98. The van der Waals surface area contributed by atoms with Gasteiger partial charge in [0.25, 0.3) is 0 Å². The number of fused-ring (bicyclic) bond motifs is 3. The van der Waals surface area contributed by atoms with E-state index in [2.05, 4.69) is 10.4 Å². The zero-order valence-electron chi connectivity index (χ0n) is 9.98. The molecule has 1 fully saturated rings. The van der Waals surface area contributed by atoms with Crippen molar-refractivity contribution in [3.63, 3.8) is 0 Å². The fraction of sp³-hybridized carbons (Fsp3) is 0.667. The number of nitrogens with one attached hydrogen (secondary N) is 1. The van der Waals surface area contributed by atoms with Crippen molar-refractivity contribution in [3.05, 3.63) is 11.8 Å². The molecule has 2 unspecified atom stereocenters. The number of aromatic nitrogens is 2. The average molecular weight is 235 g/mol. The summed E-state index contributed by atoms with van der Waals surface area (Å²) in [5.74, 6) is 1.22. The Bertz CT molecular complexity index is 441. The second-order valence-electron chi connectivity index (χ2n) is 4.71. The quantitative estimate of drug-likeness (QED) is 0.794. The first-order chi connectivity index (χ1) is 8.31. The third-order valence-corrected chi connectivity index (χ3v) is 3.76. The van der Waals surface area contributed by atoms with Crippen LogP contribution in [-0.2, 0) is 4.74 Å². The van der Waals surface area contributed by atoms with Crippen molar-refractivity contribution < 1.29 is 9.53 Å². The van der Waals surface area contributed by atoms with Gasteiger partial charge < -0.3 is 10.1 Å². The van der Waals surface area contributed by atoms with Gasteiger partial charge in [0.1, 0.15) is 11.4 Å². The van der Waals surface area contributed by atoms with Crippen LogP contribution in [0.15, 0.2) is 6.20 Å². The third kappa shape index (κ3) is 1.61. The minimum atomic E-state index is -0.280. The number of hydrogen-bond donors (Lipinski definition) is 1. The van der Waals surface area contributed by atoms with E-state index in [9.17, 15) is 4.79 Å². The highest BCUT2D eigenvalue weighted by Gasteiger charge is 2.36. The Hall–Kier alpha value is -1.52. The van der Waals surface area contributed by atoms with Gasteiger partial charge in [-0.1, -0.05) is 6.42 Å². The van der Waals surface area contributed by atoms with Crippen LogP contribution in [0.4, 0.5) is 5.82 Å². The first-order valence-corrected chi connectivity index (χ1v) is 6.29. The highest BCUT2D eigenvalue weighted by atomic mass is 16.5. The minimum Gasteiger partial charge on any atom is -0.462 e. The molecular weight excluding hydrogens is 218 g/mol. The van der Waals surface area contributed by atoms with Gasteiger partial charge in [-0.3, -0.25) is 0 Å². The van der Waals surface area contributed by atoms with Gasteiger partial charge in [0.05, 0.1) is 18.8 Å². The van der Waals surface area contributed by atoms with Crippen LogP contribution in [0.2, 0.25) is 0 Å². The predicted molar refractivity (Wildman–Crippen MR) is 63.1 cm³/mol. The summed E-state index contributed by atoms with van der Waals surface area (Å²) in [5, 5.41) is 7.68. The summed E-state index contributed by atoms with van der Waals surface area (Å²) in [6, 6.07) is 0.467. The van der Waals surface area contributed by atoms with Crippen LogP contribution in [-0.4, -0.2) is 28.9 Å². The number of carbonyl (C=O) groups is 1. The number of rotatable bonds is 2. The Morgan fingerprint density at radius 2 is 2.53 bits per heavy atom. The van der Waals surface area contributed by atoms with Gasteiger partial charge in [-0.15, -0.1) is 0 Å². The van der Waals surface area contributed by atoms with Gasteiger partial charge in [0, 0.05) is 6.54 Å². The van der Waals surface area contributed by atoms with Gasteiger partial charge in [-0.2, -0.15) is 5.10 Å². The number of anilines is 1. The SMILES string of the molecule is CCOC(=O)c1cnn2c1NCC1CCCC12. The monoisotopic (exact) mass is 235 g/mol. The molecule has 92 valence electrons. The largest absolute Gasteiger partial charge is 0.462 e. The summed E-state index contributed by atoms with van der Waals surface area (Å²) >= 11 is 0. The predicted octanol–water partition coefficient (Wildman–Crippen LogP) is 1.83. The highest BCUT2D eigenvalue weighted by molar-refractivity contribution is 5.94. The molecule has 0 saturated heterocycles. The van der Waals surface area contributed by atoms with Crippen LogP contribution in [0.3, 0.4) is 0 Å². The molecule has 0 aromatic carbocycles. The van der Waals surface area contributed by atoms with E-state index in [0.29, 0.717) is 24.1 Å². The lowest BCUT2D eigenvalue weighted by Gasteiger charge is -2.28. The van der Waals surface area contributed by atoms with E-state index in [1.807, 2.05) is 11.6 Å². The molecule has 3 rings (SSSR count). The van der Waals surface area contributed by atoms with Crippen molar-refractivity contribution in [2.75, 3.05) is 18.5 Å². The topological polar surface area (TPSA) is 56.1 Å². The normalized spacial score (nSPS) is 25.9. The lowest BCUT2D eigenvalue weighted by Crippen LogP contribution is -2.30. The molecule has 2 heterocycles. The molecule has 1 aromatic heterocycles. The van der Waals surface area contributed by atoms with Crippen LogP contribution >= 0.6 is 0 Å². The first kappa shape index (κ1) is 10.6. The molecule has 1 aliphatic heterocycles. The van der Waals surface area contributed by atoms with Crippen LogP contribution in [0.5, 0.6) is 0 Å². The van der Waals surface area contributed by atoms with E-state index < -0.39 is 0 Å². The standard InChI is InChI=1S/C12H17N3O2/c1-2-17-12(16)9-7-14-15-10-5-3-4-8(10)6-13-11(9)15/h7-8,10,13H,2-6H2,1H3. The summed E-state index contributed by atoms with van der Waals surface area (Å²) in [6.45, 7) is 3.16. The molecule has 0 spiro atoms. The molecule has 0 amide bonds. The van der Waals surface area contributed by atoms with Crippen molar-refractivity contribution in [2.45, 2.75) is 32.2 Å². The Balaban J connectivity index is 1.92. The molecule has 0 bridgehead atoms. The first-order valence-electron chi connectivity index (χ1n) is 6.29. The molecular formula is C12H17N3O2. The molecule has 17 heavy (non-hydrogen) atoms. The van der Waals surface area contributed by atoms with Crippen LogP contribution in [0, 0.1) is 5.92 Å². The summed E-state index contributed by atoms with van der Waals surface area (Å²) < 4.78 is 7.01. The molecule has 1 aliphatic carbocycles. The average Bonchev–Trinajstić information content (AvgIpc) is 2.94. The van der Waals surface area contributed by atoms with Gasteiger partial charge >= 0.3 is 5.97 Å². The smallest absolute Gasteiger partial charge is 0.343 e. The van der Waals surface area contributed by atoms with Gasteiger partial charge in [-0.05, 0) is 25.7 Å². The van der Waals surface area contributed by atoms with Crippen LogP contribution in [0.25, 0.3) is 0 Å². The number of carbonyl (C=O) groups excluding carboxylic acids is 1. The summed E-state index contributed by atoms with van der Waals surface area (Å²) in [6.07, 6.45) is 5.31. The molecule has 5 heteroatoms. The van der Waals surface area contributed by atoms with E-state index in [1.54, 1.807) is 6.20 Å². The maximum atomic E-state index is 11.8. The van der Waals surface area contributed by atoms with E-state index in [1.165, 1.54) is 19.3 Å². The maximum Gasteiger partial charge on any atom is 0.343 e. The molecule has 5 nitrogen and oxygen atoms in total. The van der Waals surface area contributed by atoms with Gasteiger partial charge in [0.15, 0.2) is 0 Å². The Kier molecular flexibility index (Phi) is 2.53. The number of esters is 1. The molecule has 1 aromatic rings. The third-order valence-electron chi connectivity index (χ3n) is 3.76. The van der Waals surface area contributed by atoms with Gasteiger partial charge in [-0.25, -0.2) is 9.48 Å². The second-order valence-corrected chi connectivity index (χ2v) is 4.71. The van der Waals surface area contributed by atoms with E-state index in [0.717, 1.165) is 12.4 Å². The van der Waals surface area contributed by atoms with E-state index in [-0.39, 0.29) is 5.97 Å². The van der Waals surface area contributed by atoms with Crippen molar-refractivity contribution in [1.82, 2.24) is 9.78 Å². The Morgan fingerprint density at radius 3 is 3.35 bits per heavy atom. The lowest BCUT2D eigenvalue weighted by molar-refractivity contribution is 0.0527. The van der Waals surface area contributed by atoms with E-state index >= 15 is 0 Å². The van der Waals surface area contributed by atoms with Crippen LogP contribution in [0.1, 0.15) is 42.6 Å². The molecule has 1 saturated carbocycles. The van der Waals surface area contributed by atoms with Crippen molar-refractivity contribution in [2.24, 2.45) is 5.92 Å². The molecule has 0 radical (unpaired) electrons. The molecule has 2 aliphatic rings. The number of hydrogen-bond acceptors (Lipinski definition) is 4. The van der Waals surface area contributed by atoms with Crippen molar-refractivity contribution in [3.8, 4) is 0 Å². The number of nitrogens with zero attached hydrogens (tertiary/aromatic N) is 2. The van der Waals surface area contributed by atoms with Crippen LogP contribution < -0.4 is 5.32 Å². The van der Waals surface area contributed by atoms with Gasteiger partial charge in [0.2, 0.25) is 0 Å². The summed E-state index contributed by atoms with van der Waals surface area (Å²) in [5.41, 5.74) is 0.567. The lowest BCUT2D eigenvalue weighted by atomic mass is 10.0. The summed E-state index contributed by atoms with van der Waals surface area (Å²) in [7, 11) is 0. The second kappa shape index (κ2) is 4.05. The zero-order chi connectivity index (χ0) is 11.8. The van der Waals surface area contributed by atoms with Crippen molar-refractivity contribution >= 4 is 11.8 Å². The maximum absolute atomic E-state index is 11.8.